The van der Waals surface area contributed by atoms with Crippen molar-refractivity contribution in [2.24, 2.45) is 0 Å². The number of hydrogen-bond donors (Lipinski definition) is 1. The van der Waals surface area contributed by atoms with E-state index in [4.69, 9.17) is 4.74 Å². The van der Waals surface area contributed by atoms with Gasteiger partial charge in [-0.05, 0) is 19.1 Å². The maximum absolute atomic E-state index is 12.5. The third-order valence-corrected chi connectivity index (χ3v) is 5.37. The molecular weight excluding hydrogens is 322 g/mol. The molecule has 0 saturated heterocycles. The van der Waals surface area contributed by atoms with Crippen LogP contribution in [0.5, 0.6) is 0 Å². The number of anilines is 1. The molecule has 0 aliphatic heterocycles. The number of benzene rings is 1. The molecule has 23 heavy (non-hydrogen) atoms. The maximum atomic E-state index is 12.5. The number of ether oxygens (including phenoxy) is 1. The van der Waals surface area contributed by atoms with Crippen LogP contribution in [0.4, 0.5) is 11.4 Å². The van der Waals surface area contributed by atoms with Crippen LogP contribution in [-0.4, -0.2) is 50.5 Å². The molecular formula is C14H23N3O5S. The number of nitro benzene ring substituents is 1. The Hall–Kier alpha value is -1.71. The van der Waals surface area contributed by atoms with Gasteiger partial charge in [0.25, 0.3) is 5.69 Å². The zero-order chi connectivity index (χ0) is 17.6. The lowest BCUT2D eigenvalue weighted by atomic mass is 10.2. The average molecular weight is 345 g/mol. The minimum atomic E-state index is -3.74. The molecule has 1 unspecified atom stereocenters. The second kappa shape index (κ2) is 8.23. The van der Waals surface area contributed by atoms with Gasteiger partial charge in [-0.25, -0.2) is 8.42 Å². The predicted octanol–water partition coefficient (Wildman–Crippen LogP) is 2.07. The molecule has 130 valence electrons. The molecule has 0 aliphatic rings. The number of nitrogens with zero attached hydrogens (tertiary/aromatic N) is 2. The van der Waals surface area contributed by atoms with Gasteiger partial charge in [-0.15, -0.1) is 0 Å². The molecule has 0 aliphatic carbocycles. The van der Waals surface area contributed by atoms with Crippen LogP contribution in [0, 0.1) is 10.1 Å². The van der Waals surface area contributed by atoms with Crippen LogP contribution in [0.2, 0.25) is 0 Å². The minimum absolute atomic E-state index is 0.0853. The summed E-state index contributed by atoms with van der Waals surface area (Å²) in [4.78, 5) is 10.6. The number of sulfonamides is 1. The SMILES string of the molecule is CCN(CC)S(=O)(=O)c1ccc(NC(C)COC)c([N+](=O)[O-])c1. The summed E-state index contributed by atoms with van der Waals surface area (Å²) in [5, 5.41) is 14.2. The number of methoxy groups -OCH3 is 1. The zero-order valence-electron chi connectivity index (χ0n) is 13.8. The van der Waals surface area contributed by atoms with E-state index in [1.807, 2.05) is 6.92 Å². The van der Waals surface area contributed by atoms with Crippen LogP contribution in [0.15, 0.2) is 23.1 Å². The van der Waals surface area contributed by atoms with Gasteiger partial charge in [0, 0.05) is 32.3 Å². The third kappa shape index (κ3) is 4.63. The molecule has 1 rings (SSSR count). The predicted molar refractivity (Wildman–Crippen MR) is 88.2 cm³/mol. The Bertz CT molecular complexity index is 644. The Morgan fingerprint density at radius 3 is 2.43 bits per heavy atom. The fourth-order valence-electron chi connectivity index (χ4n) is 2.21. The van der Waals surface area contributed by atoms with Gasteiger partial charge in [0.15, 0.2) is 0 Å². The molecule has 9 heteroatoms. The molecule has 1 atom stereocenters. The van der Waals surface area contributed by atoms with Crippen molar-refractivity contribution >= 4 is 21.4 Å². The van der Waals surface area contributed by atoms with Gasteiger partial charge in [-0.3, -0.25) is 10.1 Å². The van der Waals surface area contributed by atoms with Crippen LogP contribution >= 0.6 is 0 Å². The first-order valence-electron chi connectivity index (χ1n) is 7.31. The van der Waals surface area contributed by atoms with E-state index >= 15 is 0 Å². The van der Waals surface area contributed by atoms with E-state index in [2.05, 4.69) is 5.32 Å². The molecule has 8 nitrogen and oxygen atoms in total. The van der Waals surface area contributed by atoms with Crippen LogP contribution in [-0.2, 0) is 14.8 Å². The fourth-order valence-corrected chi connectivity index (χ4v) is 3.69. The summed E-state index contributed by atoms with van der Waals surface area (Å²) in [7, 11) is -2.20. The van der Waals surface area contributed by atoms with Crippen molar-refractivity contribution in [1.82, 2.24) is 4.31 Å². The average Bonchev–Trinajstić information content (AvgIpc) is 2.48. The van der Waals surface area contributed by atoms with Crippen LogP contribution in [0.25, 0.3) is 0 Å². The normalized spacial score (nSPS) is 13.1. The summed E-state index contributed by atoms with van der Waals surface area (Å²) in [6.45, 7) is 6.23. The highest BCUT2D eigenvalue weighted by Gasteiger charge is 2.26. The summed E-state index contributed by atoms with van der Waals surface area (Å²) in [6, 6.07) is 3.74. The van der Waals surface area contributed by atoms with Crippen LogP contribution in [0.1, 0.15) is 20.8 Å². The first kappa shape index (κ1) is 19.3. The molecule has 1 aromatic rings. The standard InChI is InChI=1S/C14H23N3O5S/c1-5-16(6-2)23(20,21)12-7-8-13(14(9-12)17(18)19)15-11(3)10-22-4/h7-9,11,15H,5-6,10H2,1-4H3. The van der Waals surface area contributed by atoms with Gasteiger partial charge >= 0.3 is 0 Å². The highest BCUT2D eigenvalue weighted by Crippen LogP contribution is 2.29. The smallest absolute Gasteiger partial charge is 0.293 e. The number of nitro groups is 1. The first-order valence-corrected chi connectivity index (χ1v) is 8.75. The van der Waals surface area contributed by atoms with Gasteiger partial charge < -0.3 is 10.1 Å². The lowest BCUT2D eigenvalue weighted by Gasteiger charge is -2.19. The Kier molecular flexibility index (Phi) is 6.92. The van der Waals surface area contributed by atoms with E-state index in [9.17, 15) is 18.5 Å². The molecule has 1 aromatic carbocycles. The molecule has 0 heterocycles. The molecule has 0 bridgehead atoms. The van der Waals surface area contributed by atoms with Crippen molar-refractivity contribution < 1.29 is 18.1 Å². The van der Waals surface area contributed by atoms with Crippen LogP contribution < -0.4 is 5.32 Å². The lowest BCUT2D eigenvalue weighted by molar-refractivity contribution is -0.384. The second-order valence-corrected chi connectivity index (χ2v) is 6.96. The van der Waals surface area contributed by atoms with Crippen molar-refractivity contribution in [2.45, 2.75) is 31.7 Å². The van der Waals surface area contributed by atoms with E-state index in [1.165, 1.54) is 23.5 Å². The van der Waals surface area contributed by atoms with E-state index in [1.54, 1.807) is 13.8 Å². The Labute approximate surface area is 136 Å². The minimum Gasteiger partial charge on any atom is -0.383 e. The summed E-state index contributed by atoms with van der Waals surface area (Å²) in [5.74, 6) is 0. The van der Waals surface area contributed by atoms with Crippen molar-refractivity contribution in [3.63, 3.8) is 0 Å². The van der Waals surface area contributed by atoms with E-state index in [-0.39, 0.29) is 22.3 Å². The van der Waals surface area contributed by atoms with E-state index in [0.29, 0.717) is 19.7 Å². The first-order chi connectivity index (χ1) is 10.8. The summed E-state index contributed by atoms with van der Waals surface area (Å²) >= 11 is 0. The van der Waals surface area contributed by atoms with Crippen molar-refractivity contribution in [1.29, 1.82) is 0 Å². The molecule has 0 radical (unpaired) electrons. The number of rotatable bonds is 9. The lowest BCUT2D eigenvalue weighted by Crippen LogP contribution is -2.30. The van der Waals surface area contributed by atoms with Crippen molar-refractivity contribution in [3.05, 3.63) is 28.3 Å². The number of nitrogens with one attached hydrogen (secondary N) is 1. The van der Waals surface area contributed by atoms with Crippen molar-refractivity contribution in [2.75, 3.05) is 32.1 Å². The summed E-state index contributed by atoms with van der Waals surface area (Å²) < 4.78 is 31.2. The molecule has 1 N–H and O–H groups in total. The van der Waals surface area contributed by atoms with E-state index < -0.39 is 14.9 Å². The van der Waals surface area contributed by atoms with Crippen LogP contribution in [0.3, 0.4) is 0 Å². The topological polar surface area (TPSA) is 102 Å². The summed E-state index contributed by atoms with van der Waals surface area (Å²) in [6.07, 6.45) is 0. The molecule has 0 aromatic heterocycles. The molecule has 0 amide bonds. The third-order valence-electron chi connectivity index (χ3n) is 3.33. The molecule has 0 spiro atoms. The van der Waals surface area contributed by atoms with Crippen molar-refractivity contribution in [3.8, 4) is 0 Å². The second-order valence-electron chi connectivity index (χ2n) is 5.03. The highest BCUT2D eigenvalue weighted by atomic mass is 32.2. The largest absolute Gasteiger partial charge is 0.383 e. The Morgan fingerprint density at radius 2 is 1.96 bits per heavy atom. The monoisotopic (exact) mass is 345 g/mol. The highest BCUT2D eigenvalue weighted by molar-refractivity contribution is 7.89. The molecule has 0 fully saturated rings. The maximum Gasteiger partial charge on any atom is 0.293 e. The van der Waals surface area contributed by atoms with E-state index in [0.717, 1.165) is 6.07 Å². The van der Waals surface area contributed by atoms with Gasteiger partial charge in [-0.1, -0.05) is 13.8 Å². The van der Waals surface area contributed by atoms with Gasteiger partial charge in [0.1, 0.15) is 5.69 Å². The Morgan fingerprint density at radius 1 is 1.35 bits per heavy atom. The quantitative estimate of drug-likeness (QED) is 0.543. The zero-order valence-corrected chi connectivity index (χ0v) is 14.6. The van der Waals surface area contributed by atoms with Gasteiger partial charge in [0.05, 0.1) is 16.4 Å². The number of hydrogen-bond acceptors (Lipinski definition) is 6. The van der Waals surface area contributed by atoms with Gasteiger partial charge in [-0.2, -0.15) is 4.31 Å². The fraction of sp³-hybridized carbons (Fsp3) is 0.571. The summed E-state index contributed by atoms with van der Waals surface area (Å²) in [5.41, 5.74) is -0.0146. The molecule has 0 saturated carbocycles. The Balaban J connectivity index is 3.26. The van der Waals surface area contributed by atoms with Gasteiger partial charge in [0.2, 0.25) is 10.0 Å².